The van der Waals surface area contributed by atoms with E-state index in [9.17, 15) is 4.79 Å². The van der Waals surface area contributed by atoms with Crippen molar-refractivity contribution < 1.29 is 14.3 Å². The van der Waals surface area contributed by atoms with E-state index in [1.165, 1.54) is 0 Å². The summed E-state index contributed by atoms with van der Waals surface area (Å²) in [5.74, 6) is 1.46. The molecule has 1 aromatic heterocycles. The number of hydrogen-bond donors (Lipinski definition) is 0. The van der Waals surface area contributed by atoms with E-state index in [0.717, 1.165) is 24.4 Å². The van der Waals surface area contributed by atoms with E-state index in [1.54, 1.807) is 31.6 Å². The van der Waals surface area contributed by atoms with E-state index >= 15 is 0 Å². The highest BCUT2D eigenvalue weighted by Crippen LogP contribution is 2.14. The van der Waals surface area contributed by atoms with Crippen molar-refractivity contribution in [1.82, 2.24) is 14.9 Å². The van der Waals surface area contributed by atoms with Gasteiger partial charge in [0.25, 0.3) is 0 Å². The van der Waals surface area contributed by atoms with Gasteiger partial charge in [-0.15, -0.1) is 0 Å². The van der Waals surface area contributed by atoms with Crippen molar-refractivity contribution in [1.29, 1.82) is 0 Å². The number of piperazine rings is 1. The predicted octanol–water partition coefficient (Wildman–Crippen LogP) is 1.82. The lowest BCUT2D eigenvalue weighted by Gasteiger charge is -2.34. The van der Waals surface area contributed by atoms with Gasteiger partial charge in [0.15, 0.2) is 6.79 Å². The monoisotopic (exact) mass is 354 g/mol. The molecule has 1 aromatic carbocycles. The van der Waals surface area contributed by atoms with Crippen molar-refractivity contribution >= 4 is 17.9 Å². The predicted molar refractivity (Wildman–Crippen MR) is 98.8 cm³/mol. The van der Waals surface area contributed by atoms with Crippen LogP contribution in [0.1, 0.15) is 5.56 Å². The number of hydrogen-bond acceptors (Lipinski definition) is 6. The third kappa shape index (κ3) is 4.80. The average molecular weight is 354 g/mol. The van der Waals surface area contributed by atoms with Gasteiger partial charge in [0.05, 0.1) is 0 Å². The summed E-state index contributed by atoms with van der Waals surface area (Å²) in [6.07, 6.45) is 6.89. The van der Waals surface area contributed by atoms with E-state index in [-0.39, 0.29) is 12.7 Å². The molecule has 136 valence electrons. The van der Waals surface area contributed by atoms with E-state index in [4.69, 9.17) is 9.47 Å². The molecular weight excluding hydrogens is 332 g/mol. The Labute approximate surface area is 152 Å². The minimum atomic E-state index is 0.0124. The van der Waals surface area contributed by atoms with Crippen molar-refractivity contribution in [2.75, 3.05) is 45.0 Å². The third-order valence-electron chi connectivity index (χ3n) is 4.07. The second kappa shape index (κ2) is 8.96. The summed E-state index contributed by atoms with van der Waals surface area (Å²) < 4.78 is 10.2. The smallest absolute Gasteiger partial charge is 0.246 e. The van der Waals surface area contributed by atoms with Crippen molar-refractivity contribution in [3.05, 3.63) is 54.4 Å². The Hall–Kier alpha value is -2.93. The molecule has 0 aliphatic carbocycles. The number of ether oxygens (including phenoxy) is 2. The molecule has 0 spiro atoms. The Morgan fingerprint density at radius 1 is 1.12 bits per heavy atom. The zero-order chi connectivity index (χ0) is 18.2. The van der Waals surface area contributed by atoms with Crippen LogP contribution in [0.4, 0.5) is 5.95 Å². The molecule has 0 N–H and O–H groups in total. The first kappa shape index (κ1) is 17.9. The number of nitrogens with zero attached hydrogens (tertiary/aromatic N) is 4. The minimum Gasteiger partial charge on any atom is -0.468 e. The van der Waals surface area contributed by atoms with E-state index in [2.05, 4.69) is 14.9 Å². The topological polar surface area (TPSA) is 67.8 Å². The molecule has 0 unspecified atom stereocenters. The fourth-order valence-electron chi connectivity index (χ4n) is 2.66. The number of rotatable bonds is 6. The molecular formula is C19H22N4O3. The summed E-state index contributed by atoms with van der Waals surface area (Å²) in [5.41, 5.74) is 0.944. The van der Waals surface area contributed by atoms with Gasteiger partial charge in [0.2, 0.25) is 11.9 Å². The maximum absolute atomic E-state index is 12.4. The highest BCUT2D eigenvalue weighted by molar-refractivity contribution is 5.92. The van der Waals surface area contributed by atoms with Crippen LogP contribution in [0.15, 0.2) is 48.8 Å². The summed E-state index contributed by atoms with van der Waals surface area (Å²) in [6, 6.07) is 9.30. The standard InChI is InChI=1S/C19H22N4O3/c1-25-15-26-17-6-3-16(4-7-17)5-8-18(24)22-11-13-23(14-12-22)19-20-9-2-10-21-19/h2-10H,11-15H2,1H3/b8-5+. The number of amides is 1. The normalized spacial score (nSPS) is 14.7. The molecule has 1 aliphatic heterocycles. The van der Waals surface area contributed by atoms with Gasteiger partial charge in [-0.25, -0.2) is 9.97 Å². The molecule has 0 saturated carbocycles. The zero-order valence-electron chi connectivity index (χ0n) is 14.7. The maximum Gasteiger partial charge on any atom is 0.246 e. The summed E-state index contributed by atoms with van der Waals surface area (Å²) >= 11 is 0. The van der Waals surface area contributed by atoms with Crippen molar-refractivity contribution in [3.63, 3.8) is 0 Å². The van der Waals surface area contributed by atoms with Gasteiger partial charge in [-0.05, 0) is 29.8 Å². The van der Waals surface area contributed by atoms with Crippen LogP contribution in [0.5, 0.6) is 5.75 Å². The van der Waals surface area contributed by atoms with Gasteiger partial charge >= 0.3 is 0 Å². The van der Waals surface area contributed by atoms with Crippen molar-refractivity contribution in [3.8, 4) is 5.75 Å². The van der Waals surface area contributed by atoms with Crippen molar-refractivity contribution in [2.45, 2.75) is 0 Å². The fourth-order valence-corrected chi connectivity index (χ4v) is 2.66. The van der Waals surface area contributed by atoms with Crippen LogP contribution in [0.25, 0.3) is 6.08 Å². The van der Waals surface area contributed by atoms with Crippen LogP contribution in [-0.2, 0) is 9.53 Å². The van der Waals surface area contributed by atoms with Gasteiger partial charge in [-0.3, -0.25) is 4.79 Å². The molecule has 1 aliphatic rings. The highest BCUT2D eigenvalue weighted by atomic mass is 16.7. The Balaban J connectivity index is 1.50. The lowest BCUT2D eigenvalue weighted by molar-refractivity contribution is -0.126. The molecule has 0 atom stereocenters. The van der Waals surface area contributed by atoms with E-state index < -0.39 is 0 Å². The Morgan fingerprint density at radius 3 is 2.46 bits per heavy atom. The first-order chi connectivity index (χ1) is 12.8. The number of carbonyl (C=O) groups is 1. The van der Waals surface area contributed by atoms with Crippen LogP contribution in [0, 0.1) is 0 Å². The minimum absolute atomic E-state index is 0.0124. The van der Waals surface area contributed by atoms with Gasteiger partial charge in [0.1, 0.15) is 5.75 Å². The molecule has 1 saturated heterocycles. The Kier molecular flexibility index (Phi) is 6.16. The third-order valence-corrected chi connectivity index (χ3v) is 4.07. The molecule has 0 bridgehead atoms. The largest absolute Gasteiger partial charge is 0.468 e. The van der Waals surface area contributed by atoms with Gasteiger partial charge in [0, 0.05) is 51.8 Å². The second-order valence-electron chi connectivity index (χ2n) is 5.81. The van der Waals surface area contributed by atoms with Crippen molar-refractivity contribution in [2.24, 2.45) is 0 Å². The molecule has 7 nitrogen and oxygen atoms in total. The molecule has 1 amide bonds. The van der Waals surface area contributed by atoms with Crippen LogP contribution in [-0.4, -0.2) is 60.9 Å². The quantitative estimate of drug-likeness (QED) is 0.582. The van der Waals surface area contributed by atoms with Gasteiger partial charge in [-0.1, -0.05) is 12.1 Å². The SMILES string of the molecule is COCOc1ccc(/C=C/C(=O)N2CCN(c3ncccn3)CC2)cc1. The van der Waals surface area contributed by atoms with Gasteiger partial charge in [-0.2, -0.15) is 0 Å². The molecule has 3 rings (SSSR count). The summed E-state index contributed by atoms with van der Waals surface area (Å²) in [5, 5.41) is 0. The number of anilines is 1. The molecule has 26 heavy (non-hydrogen) atoms. The number of carbonyl (C=O) groups excluding carboxylic acids is 1. The maximum atomic E-state index is 12.4. The highest BCUT2D eigenvalue weighted by Gasteiger charge is 2.20. The lowest BCUT2D eigenvalue weighted by Crippen LogP contribution is -2.48. The molecule has 1 fully saturated rings. The van der Waals surface area contributed by atoms with Crippen LogP contribution >= 0.6 is 0 Å². The Morgan fingerprint density at radius 2 is 1.81 bits per heavy atom. The van der Waals surface area contributed by atoms with E-state index in [1.807, 2.05) is 35.2 Å². The molecule has 2 heterocycles. The zero-order valence-corrected chi connectivity index (χ0v) is 14.7. The number of aromatic nitrogens is 2. The van der Waals surface area contributed by atoms with Crippen LogP contribution < -0.4 is 9.64 Å². The molecule has 0 radical (unpaired) electrons. The summed E-state index contributed by atoms with van der Waals surface area (Å²) in [4.78, 5) is 24.8. The van der Waals surface area contributed by atoms with E-state index in [0.29, 0.717) is 19.0 Å². The lowest BCUT2D eigenvalue weighted by atomic mass is 10.2. The summed E-state index contributed by atoms with van der Waals surface area (Å²) in [6.45, 7) is 2.99. The summed E-state index contributed by atoms with van der Waals surface area (Å²) in [7, 11) is 1.58. The first-order valence-corrected chi connectivity index (χ1v) is 8.47. The fraction of sp³-hybridized carbons (Fsp3) is 0.316. The second-order valence-corrected chi connectivity index (χ2v) is 5.81. The Bertz CT molecular complexity index is 726. The van der Waals surface area contributed by atoms with Gasteiger partial charge < -0.3 is 19.3 Å². The number of benzene rings is 1. The molecule has 2 aromatic rings. The molecule has 7 heteroatoms. The van der Waals surface area contributed by atoms with Crippen LogP contribution in [0.2, 0.25) is 0 Å². The number of methoxy groups -OCH3 is 1. The van der Waals surface area contributed by atoms with Crippen LogP contribution in [0.3, 0.4) is 0 Å². The first-order valence-electron chi connectivity index (χ1n) is 8.47. The average Bonchev–Trinajstić information content (AvgIpc) is 2.72.